The molecule has 0 amide bonds. The van der Waals surface area contributed by atoms with Gasteiger partial charge in [0.2, 0.25) is 0 Å². The van der Waals surface area contributed by atoms with E-state index >= 15 is 0 Å². The number of hydrogen-bond donors (Lipinski definition) is 1. The van der Waals surface area contributed by atoms with Gasteiger partial charge in [0.1, 0.15) is 30.3 Å². The van der Waals surface area contributed by atoms with Gasteiger partial charge in [0.25, 0.3) is 0 Å². The van der Waals surface area contributed by atoms with Crippen LogP contribution >= 0.6 is 23.2 Å². The van der Waals surface area contributed by atoms with Crippen LogP contribution in [0.2, 0.25) is 10.0 Å². The molecule has 0 spiro atoms. The summed E-state index contributed by atoms with van der Waals surface area (Å²) >= 11 is 12.8. The molecule has 0 radical (unpaired) electrons. The summed E-state index contributed by atoms with van der Waals surface area (Å²) in [6.45, 7) is 0.379. The molecule has 0 saturated carbocycles. The molecule has 0 aliphatic carbocycles. The first-order valence-corrected chi connectivity index (χ1v) is 10.6. The third-order valence-corrected chi connectivity index (χ3v) is 5.24. The number of carboxylic acids is 1. The number of halogens is 2. The Morgan fingerprint density at radius 1 is 0.909 bits per heavy atom. The van der Waals surface area contributed by atoms with E-state index in [1.807, 2.05) is 24.3 Å². The predicted molar refractivity (Wildman–Crippen MR) is 127 cm³/mol. The monoisotopic (exact) mass is 488 g/mol. The van der Waals surface area contributed by atoms with Gasteiger partial charge in [0.05, 0.1) is 30.5 Å². The van der Waals surface area contributed by atoms with Crippen LogP contribution < -0.4 is 14.2 Å². The van der Waals surface area contributed by atoms with E-state index < -0.39 is 5.97 Å². The number of rotatable bonds is 10. The van der Waals surface area contributed by atoms with Crippen molar-refractivity contribution in [3.05, 3.63) is 93.7 Å². The standard InChI is InChI=1S/C25H22Cl2O6/c1-30-15-21(25(28)29)20-6-4-3-5-17(20)14-32-19-11-22(26)24(23(27)12-19)33-13-16-7-9-18(31-2)10-8-16/h3-12,15H,13-14H2,1-2H3,(H,28,29)/b21-15+. The molecule has 0 unspecified atom stereocenters. The average molecular weight is 489 g/mol. The lowest BCUT2D eigenvalue weighted by molar-refractivity contribution is -0.130. The Hall–Kier alpha value is -3.35. The van der Waals surface area contributed by atoms with Crippen LogP contribution in [0.4, 0.5) is 0 Å². The lowest BCUT2D eigenvalue weighted by atomic mass is 10.0. The topological polar surface area (TPSA) is 74.2 Å². The summed E-state index contributed by atoms with van der Waals surface area (Å²) in [5, 5.41) is 10.1. The molecule has 8 heteroatoms. The average Bonchev–Trinajstić information content (AvgIpc) is 2.81. The van der Waals surface area contributed by atoms with E-state index in [9.17, 15) is 9.90 Å². The lowest BCUT2D eigenvalue weighted by Crippen LogP contribution is -2.06. The van der Waals surface area contributed by atoms with Crippen molar-refractivity contribution in [1.29, 1.82) is 0 Å². The van der Waals surface area contributed by atoms with E-state index in [2.05, 4.69) is 0 Å². The SMILES string of the molecule is CO/C=C(/C(=O)O)c1ccccc1COc1cc(Cl)c(OCc2ccc(OC)cc2)c(Cl)c1. The van der Waals surface area contributed by atoms with Crippen molar-refractivity contribution >= 4 is 34.7 Å². The third kappa shape index (κ3) is 6.34. The van der Waals surface area contributed by atoms with Gasteiger partial charge in [-0.1, -0.05) is 59.6 Å². The second-order valence-electron chi connectivity index (χ2n) is 6.87. The van der Waals surface area contributed by atoms with Crippen LogP contribution in [0.5, 0.6) is 17.2 Å². The maximum atomic E-state index is 11.6. The molecule has 0 saturated heterocycles. The summed E-state index contributed by atoms with van der Waals surface area (Å²) in [6, 6.07) is 17.7. The number of carbonyl (C=O) groups is 1. The molecule has 0 bridgehead atoms. The van der Waals surface area contributed by atoms with E-state index in [1.165, 1.54) is 13.4 Å². The fourth-order valence-corrected chi connectivity index (χ4v) is 3.63. The second-order valence-corrected chi connectivity index (χ2v) is 7.69. The van der Waals surface area contributed by atoms with Gasteiger partial charge in [-0.05, 0) is 28.8 Å². The molecule has 3 aromatic carbocycles. The zero-order valence-corrected chi connectivity index (χ0v) is 19.5. The Bertz CT molecular complexity index is 1120. The highest BCUT2D eigenvalue weighted by Crippen LogP contribution is 2.38. The lowest BCUT2D eigenvalue weighted by Gasteiger charge is -2.14. The molecule has 1 N–H and O–H groups in total. The van der Waals surface area contributed by atoms with Crippen molar-refractivity contribution in [3.8, 4) is 17.2 Å². The largest absolute Gasteiger partial charge is 0.503 e. The highest BCUT2D eigenvalue weighted by molar-refractivity contribution is 6.37. The molecule has 0 aliphatic rings. The molecule has 0 heterocycles. The normalized spacial score (nSPS) is 11.1. The summed E-state index contributed by atoms with van der Waals surface area (Å²) in [5.74, 6) is 0.419. The molecule has 3 rings (SSSR count). The van der Waals surface area contributed by atoms with Crippen molar-refractivity contribution < 1.29 is 28.8 Å². The first-order valence-electron chi connectivity index (χ1n) is 9.85. The quantitative estimate of drug-likeness (QED) is 0.269. The molecule has 0 aliphatic heterocycles. The molecular formula is C25H22Cl2O6. The van der Waals surface area contributed by atoms with Crippen LogP contribution in [0.3, 0.4) is 0 Å². The maximum absolute atomic E-state index is 11.6. The highest BCUT2D eigenvalue weighted by atomic mass is 35.5. The molecular weight excluding hydrogens is 467 g/mol. The van der Waals surface area contributed by atoms with Gasteiger partial charge in [-0.3, -0.25) is 0 Å². The van der Waals surface area contributed by atoms with Gasteiger partial charge in [-0.25, -0.2) is 4.79 Å². The van der Waals surface area contributed by atoms with Gasteiger partial charge in [-0.2, -0.15) is 0 Å². The summed E-state index contributed by atoms with van der Waals surface area (Å²) in [6.07, 6.45) is 1.18. The fraction of sp³-hybridized carbons (Fsp3) is 0.160. The summed E-state index contributed by atoms with van der Waals surface area (Å²) in [5.41, 5.74) is 2.10. The van der Waals surface area contributed by atoms with Gasteiger partial charge < -0.3 is 24.1 Å². The van der Waals surface area contributed by atoms with Crippen molar-refractivity contribution in [3.63, 3.8) is 0 Å². The van der Waals surface area contributed by atoms with Crippen molar-refractivity contribution in [2.24, 2.45) is 0 Å². The van der Waals surface area contributed by atoms with Gasteiger partial charge in [0.15, 0.2) is 5.75 Å². The predicted octanol–water partition coefficient (Wildman–Crippen LogP) is 6.23. The van der Waals surface area contributed by atoms with E-state index in [-0.39, 0.29) is 18.8 Å². The van der Waals surface area contributed by atoms with E-state index in [0.29, 0.717) is 32.7 Å². The van der Waals surface area contributed by atoms with Crippen molar-refractivity contribution in [2.75, 3.05) is 14.2 Å². The molecule has 33 heavy (non-hydrogen) atoms. The Morgan fingerprint density at radius 3 is 2.18 bits per heavy atom. The van der Waals surface area contributed by atoms with E-state index in [1.54, 1.807) is 43.5 Å². The number of aliphatic carboxylic acids is 1. The summed E-state index contributed by atoms with van der Waals surface area (Å²) in [7, 11) is 3.00. The van der Waals surface area contributed by atoms with Crippen LogP contribution in [0.1, 0.15) is 16.7 Å². The van der Waals surface area contributed by atoms with Gasteiger partial charge in [-0.15, -0.1) is 0 Å². The van der Waals surface area contributed by atoms with Crippen molar-refractivity contribution in [1.82, 2.24) is 0 Å². The minimum atomic E-state index is -1.10. The molecule has 0 atom stereocenters. The molecule has 172 valence electrons. The number of hydrogen-bond acceptors (Lipinski definition) is 5. The number of ether oxygens (including phenoxy) is 4. The Morgan fingerprint density at radius 2 is 1.58 bits per heavy atom. The zero-order valence-electron chi connectivity index (χ0n) is 18.0. The smallest absolute Gasteiger partial charge is 0.339 e. The molecule has 0 fully saturated rings. The van der Waals surface area contributed by atoms with Crippen LogP contribution in [-0.2, 0) is 22.7 Å². The van der Waals surface area contributed by atoms with Crippen molar-refractivity contribution in [2.45, 2.75) is 13.2 Å². The first-order chi connectivity index (χ1) is 15.9. The Labute approximate surface area is 201 Å². The van der Waals surface area contributed by atoms with E-state index in [4.69, 9.17) is 42.1 Å². The van der Waals surface area contributed by atoms with Crippen LogP contribution in [0.15, 0.2) is 66.9 Å². The van der Waals surface area contributed by atoms with Gasteiger partial charge in [0, 0.05) is 12.1 Å². The molecule has 3 aromatic rings. The Kier molecular flexibility index (Phi) is 8.46. The van der Waals surface area contributed by atoms with Crippen LogP contribution in [-0.4, -0.2) is 25.3 Å². The van der Waals surface area contributed by atoms with E-state index in [0.717, 1.165) is 11.3 Å². The summed E-state index contributed by atoms with van der Waals surface area (Å²) in [4.78, 5) is 11.6. The Balaban J connectivity index is 1.72. The number of benzene rings is 3. The highest BCUT2D eigenvalue weighted by Gasteiger charge is 2.16. The van der Waals surface area contributed by atoms with Gasteiger partial charge >= 0.3 is 5.97 Å². The minimum Gasteiger partial charge on any atom is -0.503 e. The molecule has 0 aromatic heterocycles. The minimum absolute atomic E-state index is 0.0232. The first kappa shape index (κ1) is 24.3. The zero-order chi connectivity index (χ0) is 23.8. The fourth-order valence-electron chi connectivity index (χ4n) is 3.05. The molecule has 6 nitrogen and oxygen atoms in total. The summed E-state index contributed by atoms with van der Waals surface area (Å²) < 4.78 is 21.7. The van der Waals surface area contributed by atoms with Crippen LogP contribution in [0.25, 0.3) is 5.57 Å². The second kappa shape index (κ2) is 11.5. The number of carboxylic acid groups (broad SMARTS) is 1. The third-order valence-electron chi connectivity index (χ3n) is 4.68. The van der Waals surface area contributed by atoms with Crippen LogP contribution in [0, 0.1) is 0 Å². The maximum Gasteiger partial charge on any atom is 0.339 e. The number of methoxy groups -OCH3 is 2.